The molecule has 0 aromatic rings. The molecule has 0 amide bonds. The van der Waals surface area contributed by atoms with Gasteiger partial charge in [0.25, 0.3) is 0 Å². The van der Waals surface area contributed by atoms with Gasteiger partial charge in [-0.15, -0.1) is 0 Å². The third-order valence-electron chi connectivity index (χ3n) is 0. The van der Waals surface area contributed by atoms with E-state index in [9.17, 15) is 0 Å². The molecular formula is C5MoO5. The third kappa shape index (κ3) is 1370. The van der Waals surface area contributed by atoms with Crippen LogP contribution in [0.1, 0.15) is 0 Å². The molecule has 0 rings (SSSR count). The standard InChI is InChI=1S/5CO.Mo/c5*1-2;. The van der Waals surface area contributed by atoms with Gasteiger partial charge in [-0.05, 0) is 0 Å². The van der Waals surface area contributed by atoms with Crippen molar-refractivity contribution in [2.24, 2.45) is 0 Å². The third-order valence-corrected chi connectivity index (χ3v) is 0. The van der Waals surface area contributed by atoms with E-state index in [4.69, 9.17) is 23.3 Å². The van der Waals surface area contributed by atoms with Gasteiger partial charge in [0.2, 0.25) is 0 Å². The molecule has 0 radical (unpaired) electrons. The summed E-state index contributed by atoms with van der Waals surface area (Å²) in [6.45, 7) is 22.5. The molecular weight excluding hydrogens is 236 g/mol. The van der Waals surface area contributed by atoms with Crippen molar-refractivity contribution in [1.29, 1.82) is 0 Å². The van der Waals surface area contributed by atoms with Crippen molar-refractivity contribution in [3.05, 3.63) is 33.3 Å². The van der Waals surface area contributed by atoms with Gasteiger partial charge in [0.15, 0.2) is 0 Å². The maximum absolute atomic E-state index is 7.50. The Kier molecular flexibility index (Phi) is 7630. The van der Waals surface area contributed by atoms with Crippen LogP contribution in [0.3, 0.4) is 0 Å². The minimum Gasteiger partial charge on any atom is 0 e. The molecule has 0 aromatic carbocycles. The Labute approximate surface area is 78.0 Å². The van der Waals surface area contributed by atoms with E-state index >= 15 is 0 Å². The van der Waals surface area contributed by atoms with Gasteiger partial charge >= 0.3 is 56.5 Å². The largest absolute Gasteiger partial charge is 0 e. The van der Waals surface area contributed by atoms with E-state index in [2.05, 4.69) is 33.3 Å². The molecule has 0 fully saturated rings. The van der Waals surface area contributed by atoms with Crippen LogP contribution < -0.4 is 0 Å². The summed E-state index contributed by atoms with van der Waals surface area (Å²) in [5, 5.41) is 0. The second kappa shape index (κ2) is 1770. The summed E-state index contributed by atoms with van der Waals surface area (Å²) in [5.74, 6) is 0. The Balaban J connectivity index is -0.00000000694. The average molecular weight is 236 g/mol. The van der Waals surface area contributed by atoms with Crippen LogP contribution in [-0.4, -0.2) is 0 Å². The van der Waals surface area contributed by atoms with E-state index in [1.165, 1.54) is 0 Å². The van der Waals surface area contributed by atoms with Crippen molar-refractivity contribution in [3.63, 3.8) is 0 Å². The molecule has 0 aromatic heterocycles. The molecule has 11 heavy (non-hydrogen) atoms. The second-order valence-corrected chi connectivity index (χ2v) is 0. The van der Waals surface area contributed by atoms with Crippen LogP contribution in [0.25, 0.3) is 0 Å². The Morgan fingerprint density at radius 3 is 0.364 bits per heavy atom. The normalized spacial score (nSPS) is 0.909. The summed E-state index contributed by atoms with van der Waals surface area (Å²) in [6, 6.07) is 0. The van der Waals surface area contributed by atoms with E-state index in [1.807, 2.05) is 0 Å². The van der Waals surface area contributed by atoms with Gasteiger partial charge in [-0.25, -0.2) is 0 Å². The van der Waals surface area contributed by atoms with Crippen molar-refractivity contribution in [2.75, 3.05) is 0 Å². The van der Waals surface area contributed by atoms with Crippen LogP contribution in [0.15, 0.2) is 0 Å². The fourth-order valence-corrected chi connectivity index (χ4v) is 0. The first kappa shape index (κ1) is 47.5. The summed E-state index contributed by atoms with van der Waals surface area (Å²) in [6.07, 6.45) is 0. The first-order valence-electron chi connectivity index (χ1n) is 1.02. The topological polar surface area (TPSA) is 99.5 Å². The van der Waals surface area contributed by atoms with Gasteiger partial charge in [0.1, 0.15) is 0 Å². The monoisotopic (exact) mass is 238 g/mol. The first-order chi connectivity index (χ1) is 5.00. The van der Waals surface area contributed by atoms with Crippen LogP contribution in [0.5, 0.6) is 0 Å². The fourth-order valence-electron chi connectivity index (χ4n) is 0. The molecule has 0 bridgehead atoms. The Bertz CT molecular complexity index is 73.4. The van der Waals surface area contributed by atoms with Crippen LogP contribution >= 0.6 is 0 Å². The molecule has 0 unspecified atom stereocenters. The molecule has 5 nitrogen and oxygen atoms in total. The van der Waals surface area contributed by atoms with E-state index in [0.29, 0.717) is 0 Å². The zero-order valence-corrected chi connectivity index (χ0v) is 6.96. The predicted octanol–water partition coefficient (Wildman–Crippen LogP) is -0.190. The summed E-state index contributed by atoms with van der Waals surface area (Å²) < 4.78 is 37.5. The molecule has 0 aliphatic rings. The molecule has 0 saturated carbocycles. The molecule has 6 heteroatoms. The zero-order chi connectivity index (χ0) is 10.0. The smallest absolute Gasteiger partial charge is 0 e. The van der Waals surface area contributed by atoms with E-state index < -0.39 is 0 Å². The van der Waals surface area contributed by atoms with Crippen LogP contribution in [0, 0.1) is 33.3 Å². The van der Waals surface area contributed by atoms with Gasteiger partial charge < -0.3 is 0 Å². The van der Waals surface area contributed by atoms with Crippen LogP contribution in [0.2, 0.25) is 0 Å². The van der Waals surface area contributed by atoms with Gasteiger partial charge in [0.05, 0.1) is 0 Å². The SMILES string of the molecule is [C-]#[O+].[C-]#[O+].[C-]#[O+].[C-]#[O+].[C-]#[O+].[Mo]. The minimum absolute atomic E-state index is 0. The maximum Gasteiger partial charge on any atom is 0 e. The number of hydrogen-bond donors (Lipinski definition) is 0. The molecule has 0 aliphatic heterocycles. The fraction of sp³-hybridized carbons (Fsp3) is 0. The summed E-state index contributed by atoms with van der Waals surface area (Å²) in [5.41, 5.74) is 0. The number of rotatable bonds is 0. The quantitative estimate of drug-likeness (QED) is 0.316. The van der Waals surface area contributed by atoms with E-state index in [-0.39, 0.29) is 21.1 Å². The molecule has 0 spiro atoms. The second-order valence-electron chi connectivity index (χ2n) is 0. The van der Waals surface area contributed by atoms with Crippen LogP contribution in [0.4, 0.5) is 0 Å². The van der Waals surface area contributed by atoms with E-state index in [0.717, 1.165) is 0 Å². The van der Waals surface area contributed by atoms with Crippen molar-refractivity contribution in [3.8, 4) is 0 Å². The van der Waals surface area contributed by atoms with Gasteiger partial charge in [-0.3, -0.25) is 0 Å². The number of hydrogen-bond acceptors (Lipinski definition) is 0. The van der Waals surface area contributed by atoms with Crippen molar-refractivity contribution >= 4 is 0 Å². The summed E-state index contributed by atoms with van der Waals surface area (Å²) in [4.78, 5) is 0. The summed E-state index contributed by atoms with van der Waals surface area (Å²) >= 11 is 0. The Hall–Kier alpha value is -0.612. The maximum atomic E-state index is 7.50. The van der Waals surface area contributed by atoms with Gasteiger partial charge in [-0.2, -0.15) is 0 Å². The van der Waals surface area contributed by atoms with Gasteiger partial charge in [0, 0.05) is 21.1 Å². The molecule has 0 heterocycles. The first-order valence-corrected chi connectivity index (χ1v) is 1.02. The van der Waals surface area contributed by atoms with Gasteiger partial charge in [-0.1, -0.05) is 0 Å². The van der Waals surface area contributed by atoms with Crippen molar-refractivity contribution < 1.29 is 44.3 Å². The van der Waals surface area contributed by atoms with Crippen molar-refractivity contribution in [2.45, 2.75) is 0 Å². The molecule has 0 N–H and O–H groups in total. The Morgan fingerprint density at radius 1 is 0.364 bits per heavy atom. The molecule has 0 aliphatic carbocycles. The predicted molar refractivity (Wildman–Crippen MR) is 19.6 cm³/mol. The van der Waals surface area contributed by atoms with E-state index in [1.54, 1.807) is 0 Å². The minimum atomic E-state index is 0. The molecule has 0 saturated heterocycles. The summed E-state index contributed by atoms with van der Waals surface area (Å²) in [7, 11) is 0. The molecule has 56 valence electrons. The average Bonchev–Trinajstić information content (AvgIpc) is 2.20. The zero-order valence-electron chi connectivity index (χ0n) is 4.95. The molecule has 0 atom stereocenters. The Morgan fingerprint density at radius 2 is 0.364 bits per heavy atom. The van der Waals surface area contributed by atoms with Crippen molar-refractivity contribution in [1.82, 2.24) is 0 Å². The van der Waals surface area contributed by atoms with Crippen LogP contribution in [-0.2, 0) is 44.3 Å².